The van der Waals surface area contributed by atoms with Crippen LogP contribution in [0.2, 0.25) is 0 Å². The van der Waals surface area contributed by atoms with Gasteiger partial charge in [0.05, 0.1) is 0 Å². The zero-order valence-corrected chi connectivity index (χ0v) is 7.49. The summed E-state index contributed by atoms with van der Waals surface area (Å²) in [5.74, 6) is 0.624. The van der Waals surface area contributed by atoms with Crippen LogP contribution in [0.3, 0.4) is 0 Å². The van der Waals surface area contributed by atoms with Crippen molar-refractivity contribution < 1.29 is 4.39 Å². The number of hydrogen-bond donors (Lipinski definition) is 1. The molecule has 0 radical (unpaired) electrons. The first-order chi connectivity index (χ1) is 5.12. The van der Waals surface area contributed by atoms with E-state index in [9.17, 15) is 4.39 Å². The van der Waals surface area contributed by atoms with Gasteiger partial charge in [0.2, 0.25) is 0 Å². The van der Waals surface area contributed by atoms with E-state index in [-0.39, 0.29) is 0 Å². The number of rotatable bonds is 4. The highest BCUT2D eigenvalue weighted by Gasteiger charge is 2.36. The third-order valence-corrected chi connectivity index (χ3v) is 2.24. The molecule has 0 aromatic rings. The molecule has 1 N–H and O–H groups in total. The average molecular weight is 159 g/mol. The molecule has 0 aromatic carbocycles. The van der Waals surface area contributed by atoms with E-state index in [1.54, 1.807) is 0 Å². The van der Waals surface area contributed by atoms with Crippen LogP contribution in [0.5, 0.6) is 0 Å². The number of halogens is 1. The summed E-state index contributed by atoms with van der Waals surface area (Å²) in [7, 11) is 0. The second-order valence-corrected chi connectivity index (χ2v) is 4.03. The number of hydrogen-bond acceptors (Lipinski definition) is 1. The van der Waals surface area contributed by atoms with E-state index < -0.39 is 5.67 Å². The van der Waals surface area contributed by atoms with Crippen LogP contribution in [0, 0.1) is 5.92 Å². The topological polar surface area (TPSA) is 12.0 Å². The van der Waals surface area contributed by atoms with Gasteiger partial charge in [0.15, 0.2) is 0 Å². The highest BCUT2D eigenvalue weighted by atomic mass is 19.1. The molecule has 0 atom stereocenters. The molecule has 1 rings (SSSR count). The quantitative estimate of drug-likeness (QED) is 0.662. The van der Waals surface area contributed by atoms with Crippen LogP contribution in [0.25, 0.3) is 0 Å². The maximum Gasteiger partial charge on any atom is 0.123 e. The number of nitrogens with one attached hydrogen (secondary N) is 1. The standard InChI is InChI=1S/C9H18FN/c1-8(2)6-11-7-9(10)4-3-5-9/h8,11H,3-7H2,1-2H3. The smallest absolute Gasteiger partial charge is 0.123 e. The summed E-state index contributed by atoms with van der Waals surface area (Å²) < 4.78 is 13.3. The molecule has 1 aliphatic rings. The van der Waals surface area contributed by atoms with Gasteiger partial charge in [0.1, 0.15) is 5.67 Å². The molecule has 2 heteroatoms. The van der Waals surface area contributed by atoms with E-state index in [1.807, 2.05) is 0 Å². The summed E-state index contributed by atoms with van der Waals surface area (Å²) in [5, 5.41) is 3.15. The van der Waals surface area contributed by atoms with E-state index in [0.29, 0.717) is 12.5 Å². The van der Waals surface area contributed by atoms with Crippen molar-refractivity contribution in [1.82, 2.24) is 5.32 Å². The molecular formula is C9H18FN. The lowest BCUT2D eigenvalue weighted by Crippen LogP contribution is -2.43. The van der Waals surface area contributed by atoms with Gasteiger partial charge < -0.3 is 5.32 Å². The van der Waals surface area contributed by atoms with Crippen LogP contribution in [0.15, 0.2) is 0 Å². The highest BCUT2D eigenvalue weighted by molar-refractivity contribution is 4.89. The Bertz CT molecular complexity index is 119. The van der Waals surface area contributed by atoms with Gasteiger partial charge in [0.25, 0.3) is 0 Å². The molecule has 0 bridgehead atoms. The second-order valence-electron chi connectivity index (χ2n) is 4.03. The molecule has 1 aliphatic carbocycles. The molecular weight excluding hydrogens is 141 g/mol. The molecule has 1 saturated carbocycles. The van der Waals surface area contributed by atoms with E-state index >= 15 is 0 Å². The first-order valence-corrected chi connectivity index (χ1v) is 4.52. The fraction of sp³-hybridized carbons (Fsp3) is 1.00. The third kappa shape index (κ3) is 2.78. The Morgan fingerprint density at radius 3 is 2.45 bits per heavy atom. The highest BCUT2D eigenvalue weighted by Crippen LogP contribution is 2.34. The summed E-state index contributed by atoms with van der Waals surface area (Å²) in [5.41, 5.74) is -0.852. The van der Waals surface area contributed by atoms with Crippen LogP contribution in [-0.4, -0.2) is 18.8 Å². The molecule has 0 aromatic heterocycles. The Labute approximate surface area is 68.4 Å². The second kappa shape index (κ2) is 3.53. The predicted octanol–water partition coefficient (Wildman–Crippen LogP) is 2.12. The van der Waals surface area contributed by atoms with Crippen LogP contribution in [-0.2, 0) is 0 Å². The van der Waals surface area contributed by atoms with E-state index in [4.69, 9.17) is 0 Å². The fourth-order valence-electron chi connectivity index (χ4n) is 1.32. The van der Waals surface area contributed by atoms with Crippen molar-refractivity contribution in [3.05, 3.63) is 0 Å². The van der Waals surface area contributed by atoms with Crippen LogP contribution in [0.4, 0.5) is 4.39 Å². The van der Waals surface area contributed by atoms with Gasteiger partial charge in [-0.2, -0.15) is 0 Å². The molecule has 0 spiro atoms. The molecule has 0 aliphatic heterocycles. The lowest BCUT2D eigenvalue weighted by Gasteiger charge is -2.34. The summed E-state index contributed by atoms with van der Waals surface area (Å²) in [6.45, 7) is 5.77. The van der Waals surface area contributed by atoms with E-state index in [2.05, 4.69) is 19.2 Å². The summed E-state index contributed by atoms with van der Waals surface area (Å²) in [6, 6.07) is 0. The van der Waals surface area contributed by atoms with Gasteiger partial charge in [-0.1, -0.05) is 13.8 Å². The van der Waals surface area contributed by atoms with E-state index in [1.165, 1.54) is 0 Å². The molecule has 1 fully saturated rings. The minimum absolute atomic E-state index is 0.561. The van der Waals surface area contributed by atoms with Gasteiger partial charge in [-0.15, -0.1) is 0 Å². The van der Waals surface area contributed by atoms with Crippen molar-refractivity contribution in [2.24, 2.45) is 5.92 Å². The minimum Gasteiger partial charge on any atom is -0.313 e. The normalized spacial score (nSPS) is 21.8. The van der Waals surface area contributed by atoms with E-state index in [0.717, 1.165) is 25.8 Å². The van der Waals surface area contributed by atoms with Crippen molar-refractivity contribution in [2.45, 2.75) is 38.8 Å². The van der Waals surface area contributed by atoms with Crippen molar-refractivity contribution in [3.63, 3.8) is 0 Å². The zero-order chi connectivity index (χ0) is 8.32. The molecule has 0 amide bonds. The molecule has 0 heterocycles. The van der Waals surface area contributed by atoms with Gasteiger partial charge >= 0.3 is 0 Å². The molecule has 0 saturated heterocycles. The molecule has 66 valence electrons. The first kappa shape index (κ1) is 8.98. The summed E-state index contributed by atoms with van der Waals surface area (Å²) in [4.78, 5) is 0. The maximum atomic E-state index is 13.3. The van der Waals surface area contributed by atoms with Crippen LogP contribution in [0.1, 0.15) is 33.1 Å². The Morgan fingerprint density at radius 2 is 2.09 bits per heavy atom. The SMILES string of the molecule is CC(C)CNCC1(F)CCC1. The van der Waals surface area contributed by atoms with Crippen molar-refractivity contribution >= 4 is 0 Å². The lowest BCUT2D eigenvalue weighted by atomic mass is 9.82. The fourth-order valence-corrected chi connectivity index (χ4v) is 1.32. The Balaban J connectivity index is 2.02. The summed E-state index contributed by atoms with van der Waals surface area (Å²) >= 11 is 0. The van der Waals surface area contributed by atoms with Crippen molar-refractivity contribution in [3.8, 4) is 0 Å². The lowest BCUT2D eigenvalue weighted by molar-refractivity contribution is 0.0627. The van der Waals surface area contributed by atoms with Crippen molar-refractivity contribution in [2.75, 3.05) is 13.1 Å². The van der Waals surface area contributed by atoms with Gasteiger partial charge in [-0.25, -0.2) is 4.39 Å². The Kier molecular flexibility index (Phi) is 2.88. The van der Waals surface area contributed by atoms with Crippen LogP contribution < -0.4 is 5.32 Å². The molecule has 0 unspecified atom stereocenters. The third-order valence-electron chi connectivity index (χ3n) is 2.24. The van der Waals surface area contributed by atoms with Crippen molar-refractivity contribution in [1.29, 1.82) is 0 Å². The molecule has 1 nitrogen and oxygen atoms in total. The molecule has 11 heavy (non-hydrogen) atoms. The predicted molar refractivity (Wildman–Crippen MR) is 45.4 cm³/mol. The van der Waals surface area contributed by atoms with Gasteiger partial charge in [-0.05, 0) is 31.7 Å². The largest absolute Gasteiger partial charge is 0.313 e. The van der Waals surface area contributed by atoms with Gasteiger partial charge in [-0.3, -0.25) is 0 Å². The minimum atomic E-state index is -0.852. The van der Waals surface area contributed by atoms with Gasteiger partial charge in [0, 0.05) is 6.54 Å². The zero-order valence-electron chi connectivity index (χ0n) is 7.49. The van der Waals surface area contributed by atoms with Crippen LogP contribution >= 0.6 is 0 Å². The monoisotopic (exact) mass is 159 g/mol. The summed E-state index contributed by atoms with van der Waals surface area (Å²) in [6.07, 6.45) is 2.59. The maximum absolute atomic E-state index is 13.3. The Morgan fingerprint density at radius 1 is 1.45 bits per heavy atom. The first-order valence-electron chi connectivity index (χ1n) is 4.52. The average Bonchev–Trinajstić information content (AvgIpc) is 1.83. The number of alkyl halides is 1. The Hall–Kier alpha value is -0.110.